The van der Waals surface area contributed by atoms with Gasteiger partial charge in [-0.15, -0.1) is 0 Å². The molecular weight excluding hydrogens is 264 g/mol. The molecule has 0 aliphatic rings. The Morgan fingerprint density at radius 1 is 1.24 bits per heavy atom. The van der Waals surface area contributed by atoms with Crippen LogP contribution in [0.2, 0.25) is 0 Å². The maximum atomic E-state index is 11.4. The average Bonchev–Trinajstić information content (AvgIpc) is 2.47. The molecule has 110 valence electrons. The number of rotatable bonds is 5. The molecule has 1 amide bonds. The van der Waals surface area contributed by atoms with E-state index in [0.717, 1.165) is 23.2 Å². The zero-order chi connectivity index (χ0) is 15.4. The van der Waals surface area contributed by atoms with Crippen LogP contribution < -0.4 is 11.1 Å². The number of amides is 1. The molecule has 2 aromatic carbocycles. The molecule has 0 radical (unpaired) electrons. The highest BCUT2D eigenvalue weighted by Gasteiger charge is 2.15. The van der Waals surface area contributed by atoms with E-state index in [1.54, 1.807) is 24.3 Å². The molecule has 4 N–H and O–H groups in total. The number of carbonyl (C=O) groups is 1. The SMILES string of the molecule is CCC(Nc1cccc(C(N)=O)c1C)c1ccccc1O. The summed E-state index contributed by atoms with van der Waals surface area (Å²) in [4.78, 5) is 11.4. The number of benzene rings is 2. The fourth-order valence-electron chi connectivity index (χ4n) is 2.43. The summed E-state index contributed by atoms with van der Waals surface area (Å²) in [5, 5.41) is 13.4. The summed E-state index contributed by atoms with van der Waals surface area (Å²) in [6, 6.07) is 12.6. The Bertz CT molecular complexity index is 653. The van der Waals surface area contributed by atoms with Crippen LogP contribution in [0.25, 0.3) is 0 Å². The van der Waals surface area contributed by atoms with Gasteiger partial charge < -0.3 is 16.2 Å². The van der Waals surface area contributed by atoms with Gasteiger partial charge in [-0.2, -0.15) is 0 Å². The molecule has 0 bridgehead atoms. The standard InChI is InChI=1S/C17H20N2O2/c1-3-14(13-7-4-5-10-16(13)20)19-15-9-6-8-12(11(15)2)17(18)21/h4-10,14,19-20H,3H2,1-2H3,(H2,18,21). The Kier molecular flexibility index (Phi) is 4.48. The van der Waals surface area contributed by atoms with Crippen molar-refractivity contribution < 1.29 is 9.90 Å². The molecule has 0 aliphatic carbocycles. The minimum atomic E-state index is -0.438. The molecule has 0 fully saturated rings. The van der Waals surface area contributed by atoms with E-state index < -0.39 is 5.91 Å². The molecule has 1 unspecified atom stereocenters. The molecule has 1 atom stereocenters. The van der Waals surface area contributed by atoms with E-state index in [0.29, 0.717) is 5.56 Å². The van der Waals surface area contributed by atoms with Crippen LogP contribution in [-0.4, -0.2) is 11.0 Å². The van der Waals surface area contributed by atoms with Gasteiger partial charge in [0.25, 0.3) is 0 Å². The van der Waals surface area contributed by atoms with Crippen LogP contribution in [0.3, 0.4) is 0 Å². The fourth-order valence-corrected chi connectivity index (χ4v) is 2.43. The van der Waals surface area contributed by atoms with Gasteiger partial charge in [0.15, 0.2) is 0 Å². The third-order valence-corrected chi connectivity index (χ3v) is 3.65. The molecule has 0 spiro atoms. The summed E-state index contributed by atoms with van der Waals surface area (Å²) in [5.41, 5.74) is 8.39. The maximum Gasteiger partial charge on any atom is 0.249 e. The van der Waals surface area contributed by atoms with Crippen molar-refractivity contribution in [3.8, 4) is 5.75 Å². The summed E-state index contributed by atoms with van der Waals surface area (Å²) < 4.78 is 0. The maximum absolute atomic E-state index is 11.4. The minimum absolute atomic E-state index is 0.0342. The lowest BCUT2D eigenvalue weighted by atomic mass is 10.0. The number of hydrogen-bond donors (Lipinski definition) is 3. The van der Waals surface area contributed by atoms with Crippen LogP contribution in [0.5, 0.6) is 5.75 Å². The predicted octanol–water partition coefficient (Wildman–Crippen LogP) is 3.36. The van der Waals surface area contributed by atoms with Crippen LogP contribution in [0.4, 0.5) is 5.69 Å². The third-order valence-electron chi connectivity index (χ3n) is 3.65. The van der Waals surface area contributed by atoms with Gasteiger partial charge in [-0.3, -0.25) is 4.79 Å². The number of para-hydroxylation sites is 1. The van der Waals surface area contributed by atoms with Crippen molar-refractivity contribution in [3.63, 3.8) is 0 Å². The summed E-state index contributed by atoms with van der Waals surface area (Å²) in [6.07, 6.45) is 0.803. The highest BCUT2D eigenvalue weighted by molar-refractivity contribution is 5.95. The van der Waals surface area contributed by atoms with Crippen molar-refractivity contribution in [2.75, 3.05) is 5.32 Å². The molecule has 2 aromatic rings. The van der Waals surface area contributed by atoms with Gasteiger partial charge in [0.2, 0.25) is 5.91 Å². The number of nitrogens with two attached hydrogens (primary N) is 1. The zero-order valence-corrected chi connectivity index (χ0v) is 12.3. The van der Waals surface area contributed by atoms with E-state index in [9.17, 15) is 9.90 Å². The second-order valence-corrected chi connectivity index (χ2v) is 5.01. The van der Waals surface area contributed by atoms with Gasteiger partial charge in [-0.05, 0) is 37.1 Å². The van der Waals surface area contributed by atoms with Crippen LogP contribution in [0.15, 0.2) is 42.5 Å². The highest BCUT2D eigenvalue weighted by Crippen LogP contribution is 2.30. The fraction of sp³-hybridized carbons (Fsp3) is 0.235. The lowest BCUT2D eigenvalue weighted by molar-refractivity contribution is 0.0999. The monoisotopic (exact) mass is 284 g/mol. The molecule has 4 heteroatoms. The first kappa shape index (κ1) is 14.9. The lowest BCUT2D eigenvalue weighted by Gasteiger charge is -2.21. The van der Waals surface area contributed by atoms with Gasteiger partial charge in [-0.1, -0.05) is 31.2 Å². The third kappa shape index (κ3) is 3.16. The number of phenols is 1. The predicted molar refractivity (Wildman–Crippen MR) is 84.5 cm³/mol. The van der Waals surface area contributed by atoms with Crippen molar-refractivity contribution in [2.45, 2.75) is 26.3 Å². The lowest BCUT2D eigenvalue weighted by Crippen LogP contribution is -2.15. The molecule has 2 rings (SSSR count). The Morgan fingerprint density at radius 2 is 1.95 bits per heavy atom. The van der Waals surface area contributed by atoms with E-state index in [1.165, 1.54) is 0 Å². The topological polar surface area (TPSA) is 75.3 Å². The van der Waals surface area contributed by atoms with Crippen LogP contribution in [0.1, 0.15) is 40.9 Å². The first-order valence-corrected chi connectivity index (χ1v) is 6.98. The Labute approximate surface area is 124 Å². The summed E-state index contributed by atoms with van der Waals surface area (Å²) >= 11 is 0. The summed E-state index contributed by atoms with van der Waals surface area (Å²) in [6.45, 7) is 3.90. The number of aromatic hydroxyl groups is 1. The van der Waals surface area contributed by atoms with E-state index in [2.05, 4.69) is 5.32 Å². The number of carbonyl (C=O) groups excluding carboxylic acids is 1. The van der Waals surface area contributed by atoms with Gasteiger partial charge >= 0.3 is 0 Å². The quantitative estimate of drug-likeness (QED) is 0.788. The minimum Gasteiger partial charge on any atom is -0.508 e. The molecule has 0 aromatic heterocycles. The number of nitrogens with one attached hydrogen (secondary N) is 1. The summed E-state index contributed by atoms with van der Waals surface area (Å²) in [7, 11) is 0. The Morgan fingerprint density at radius 3 is 2.57 bits per heavy atom. The van der Waals surface area contributed by atoms with Crippen LogP contribution in [-0.2, 0) is 0 Å². The number of phenolic OH excluding ortho intramolecular Hbond substituents is 1. The highest BCUT2D eigenvalue weighted by atomic mass is 16.3. The van der Waals surface area contributed by atoms with E-state index in [-0.39, 0.29) is 11.8 Å². The second kappa shape index (κ2) is 6.31. The van der Waals surface area contributed by atoms with Crippen molar-refractivity contribution in [1.82, 2.24) is 0 Å². The molecule has 4 nitrogen and oxygen atoms in total. The first-order chi connectivity index (χ1) is 10.0. The Hall–Kier alpha value is -2.49. The van der Waals surface area contributed by atoms with Crippen molar-refractivity contribution in [2.24, 2.45) is 5.73 Å². The van der Waals surface area contributed by atoms with Gasteiger partial charge in [0.1, 0.15) is 5.75 Å². The van der Waals surface area contributed by atoms with Gasteiger partial charge in [0.05, 0.1) is 6.04 Å². The zero-order valence-electron chi connectivity index (χ0n) is 12.3. The van der Waals surface area contributed by atoms with E-state index in [1.807, 2.05) is 32.0 Å². The average molecular weight is 284 g/mol. The summed E-state index contributed by atoms with van der Waals surface area (Å²) in [5.74, 6) is -0.174. The number of anilines is 1. The number of hydrogen-bond acceptors (Lipinski definition) is 3. The van der Waals surface area contributed by atoms with Crippen LogP contribution in [0, 0.1) is 6.92 Å². The molecule has 0 heterocycles. The number of primary amides is 1. The largest absolute Gasteiger partial charge is 0.508 e. The van der Waals surface area contributed by atoms with Crippen LogP contribution >= 0.6 is 0 Å². The molecular formula is C17H20N2O2. The second-order valence-electron chi connectivity index (χ2n) is 5.01. The molecule has 0 saturated heterocycles. The van der Waals surface area contributed by atoms with E-state index in [4.69, 9.17) is 5.73 Å². The van der Waals surface area contributed by atoms with Gasteiger partial charge in [-0.25, -0.2) is 0 Å². The van der Waals surface area contributed by atoms with Gasteiger partial charge in [0, 0.05) is 16.8 Å². The molecule has 0 aliphatic heterocycles. The van der Waals surface area contributed by atoms with Crippen molar-refractivity contribution in [3.05, 3.63) is 59.2 Å². The van der Waals surface area contributed by atoms with Crippen molar-refractivity contribution in [1.29, 1.82) is 0 Å². The molecule has 0 saturated carbocycles. The van der Waals surface area contributed by atoms with Crippen molar-refractivity contribution >= 4 is 11.6 Å². The smallest absolute Gasteiger partial charge is 0.249 e. The first-order valence-electron chi connectivity index (χ1n) is 6.98. The Balaban J connectivity index is 2.34. The normalized spacial score (nSPS) is 11.9. The molecule has 21 heavy (non-hydrogen) atoms. The van der Waals surface area contributed by atoms with E-state index >= 15 is 0 Å².